The van der Waals surface area contributed by atoms with E-state index in [1.54, 1.807) is 6.07 Å². The molecule has 1 aromatic carbocycles. The van der Waals surface area contributed by atoms with Crippen molar-refractivity contribution in [2.24, 2.45) is 11.8 Å². The molecule has 1 saturated heterocycles. The molecule has 1 N–H and O–H groups in total. The maximum Gasteiger partial charge on any atom is 0.328 e. The molecule has 172 valence electrons. The van der Waals surface area contributed by atoms with Crippen LogP contribution in [0.5, 0.6) is 0 Å². The smallest absolute Gasteiger partial charge is 0.328 e. The minimum absolute atomic E-state index is 0.207. The average molecular weight is 451 g/mol. The molecule has 3 rings (SSSR count). The lowest BCUT2D eigenvalue weighted by atomic mass is 9.92. The highest BCUT2D eigenvalue weighted by molar-refractivity contribution is 7.89. The van der Waals surface area contributed by atoms with Crippen LogP contribution in [0.2, 0.25) is 0 Å². The van der Waals surface area contributed by atoms with E-state index in [4.69, 9.17) is 4.74 Å². The number of esters is 1. The number of piperidine rings is 1. The molecule has 2 aliphatic rings. The lowest BCUT2D eigenvalue weighted by Crippen LogP contribution is -2.48. The first-order chi connectivity index (χ1) is 14.7. The SMILES string of the molecule is COC(=O)C(CC(C)C)NC(=O)C1CCN(S(=O)(=O)c2ccc3c(c2)CCCC3)CC1. The Kier molecular flexibility index (Phi) is 7.75. The van der Waals surface area contributed by atoms with Gasteiger partial charge in [-0.25, -0.2) is 13.2 Å². The topological polar surface area (TPSA) is 92.8 Å². The molecular formula is C23H34N2O5S. The van der Waals surface area contributed by atoms with Gasteiger partial charge in [-0.05, 0) is 74.1 Å². The number of carbonyl (C=O) groups excluding carboxylic acids is 2. The lowest BCUT2D eigenvalue weighted by Gasteiger charge is -2.31. The van der Waals surface area contributed by atoms with Gasteiger partial charge in [-0.1, -0.05) is 19.9 Å². The van der Waals surface area contributed by atoms with Gasteiger partial charge >= 0.3 is 5.97 Å². The van der Waals surface area contributed by atoms with Crippen LogP contribution in [0.1, 0.15) is 57.1 Å². The van der Waals surface area contributed by atoms with Gasteiger partial charge in [-0.3, -0.25) is 4.79 Å². The second kappa shape index (κ2) is 10.1. The van der Waals surface area contributed by atoms with Crippen molar-refractivity contribution in [2.45, 2.75) is 69.7 Å². The summed E-state index contributed by atoms with van der Waals surface area (Å²) in [7, 11) is -2.26. The van der Waals surface area contributed by atoms with Gasteiger partial charge in [0.25, 0.3) is 0 Å². The molecule has 1 aromatic rings. The monoisotopic (exact) mass is 450 g/mol. The maximum absolute atomic E-state index is 13.1. The summed E-state index contributed by atoms with van der Waals surface area (Å²) in [5.41, 5.74) is 2.39. The number of sulfonamides is 1. The first kappa shape index (κ1) is 23.7. The number of aryl methyl sites for hydroxylation is 2. The zero-order valence-electron chi connectivity index (χ0n) is 18.7. The van der Waals surface area contributed by atoms with Crippen LogP contribution in [0, 0.1) is 11.8 Å². The number of methoxy groups -OCH3 is 1. The first-order valence-corrected chi connectivity index (χ1v) is 12.7. The Bertz CT molecular complexity index is 905. The number of amides is 1. The van der Waals surface area contributed by atoms with Crippen LogP contribution in [0.4, 0.5) is 0 Å². The number of hydrogen-bond acceptors (Lipinski definition) is 5. The summed E-state index contributed by atoms with van der Waals surface area (Å²) in [5, 5.41) is 2.81. The van der Waals surface area contributed by atoms with Gasteiger partial charge in [0.15, 0.2) is 0 Å². The highest BCUT2D eigenvalue weighted by Gasteiger charge is 2.34. The molecule has 1 amide bonds. The van der Waals surface area contributed by atoms with Crippen LogP contribution in [0.25, 0.3) is 0 Å². The molecule has 0 radical (unpaired) electrons. The van der Waals surface area contributed by atoms with Crippen molar-refractivity contribution in [1.29, 1.82) is 0 Å². The average Bonchev–Trinajstić information content (AvgIpc) is 2.77. The van der Waals surface area contributed by atoms with Gasteiger partial charge in [0.1, 0.15) is 6.04 Å². The Morgan fingerprint density at radius 3 is 2.39 bits per heavy atom. The molecule has 0 aromatic heterocycles. The molecule has 0 saturated carbocycles. The van der Waals surface area contributed by atoms with E-state index < -0.39 is 22.0 Å². The van der Waals surface area contributed by atoms with Crippen molar-refractivity contribution >= 4 is 21.9 Å². The number of fused-ring (bicyclic) bond motifs is 1. The lowest BCUT2D eigenvalue weighted by molar-refractivity contribution is -0.146. The van der Waals surface area contributed by atoms with E-state index in [1.807, 2.05) is 26.0 Å². The number of nitrogens with zero attached hydrogens (tertiary/aromatic N) is 1. The number of carbonyl (C=O) groups is 2. The van der Waals surface area contributed by atoms with Crippen LogP contribution in [-0.4, -0.2) is 50.8 Å². The van der Waals surface area contributed by atoms with Crippen molar-refractivity contribution in [3.05, 3.63) is 29.3 Å². The molecule has 1 atom stereocenters. The predicted octanol–water partition coefficient (Wildman–Crippen LogP) is 2.67. The minimum atomic E-state index is -3.57. The Hall–Kier alpha value is -1.93. The third-order valence-electron chi connectivity index (χ3n) is 6.29. The van der Waals surface area contributed by atoms with Crippen molar-refractivity contribution in [3.63, 3.8) is 0 Å². The van der Waals surface area contributed by atoms with Crippen molar-refractivity contribution < 1.29 is 22.7 Å². The fourth-order valence-electron chi connectivity index (χ4n) is 4.49. The van der Waals surface area contributed by atoms with Crippen LogP contribution in [0.3, 0.4) is 0 Å². The van der Waals surface area contributed by atoms with E-state index in [1.165, 1.54) is 17.0 Å². The predicted molar refractivity (Wildman–Crippen MR) is 118 cm³/mol. The second-order valence-corrected chi connectivity index (χ2v) is 11.0. The maximum atomic E-state index is 13.1. The Labute approximate surface area is 185 Å². The summed E-state index contributed by atoms with van der Waals surface area (Å²) in [6, 6.07) is 4.82. The van der Waals surface area contributed by atoms with Crippen LogP contribution >= 0.6 is 0 Å². The number of nitrogens with one attached hydrogen (secondary N) is 1. The number of hydrogen-bond donors (Lipinski definition) is 1. The summed E-state index contributed by atoms with van der Waals surface area (Å²) < 4.78 is 32.6. The summed E-state index contributed by atoms with van der Waals surface area (Å²) >= 11 is 0. The van der Waals surface area contributed by atoms with E-state index >= 15 is 0 Å². The standard InChI is InChI=1S/C23H34N2O5S/c1-16(2)14-21(23(27)30-3)24-22(26)18-10-12-25(13-11-18)31(28,29)20-9-8-17-6-4-5-7-19(17)15-20/h8-9,15-16,18,21H,4-7,10-14H2,1-3H3,(H,24,26). The van der Waals surface area contributed by atoms with Gasteiger partial charge in [0.05, 0.1) is 12.0 Å². The second-order valence-electron chi connectivity index (χ2n) is 9.03. The van der Waals surface area contributed by atoms with Gasteiger partial charge in [-0.15, -0.1) is 0 Å². The normalized spacial score (nSPS) is 19.0. The molecule has 1 unspecified atom stereocenters. The first-order valence-electron chi connectivity index (χ1n) is 11.2. The van der Waals surface area contributed by atoms with E-state index in [0.29, 0.717) is 37.2 Å². The molecule has 31 heavy (non-hydrogen) atoms. The molecular weight excluding hydrogens is 416 g/mol. The zero-order chi connectivity index (χ0) is 22.6. The Morgan fingerprint density at radius 2 is 1.77 bits per heavy atom. The largest absolute Gasteiger partial charge is 0.467 e. The third kappa shape index (κ3) is 5.66. The van der Waals surface area contributed by atoms with Gasteiger partial charge < -0.3 is 10.1 Å². The molecule has 0 spiro atoms. The van der Waals surface area contributed by atoms with E-state index in [2.05, 4.69) is 5.32 Å². The fourth-order valence-corrected chi connectivity index (χ4v) is 6.02. The molecule has 0 bridgehead atoms. The van der Waals surface area contributed by atoms with Crippen molar-refractivity contribution in [1.82, 2.24) is 9.62 Å². The molecule has 1 aliphatic carbocycles. The van der Waals surface area contributed by atoms with E-state index in [0.717, 1.165) is 31.2 Å². The molecule has 1 aliphatic heterocycles. The van der Waals surface area contributed by atoms with E-state index in [9.17, 15) is 18.0 Å². The van der Waals surface area contributed by atoms with Crippen LogP contribution in [0.15, 0.2) is 23.1 Å². The number of ether oxygens (including phenoxy) is 1. The van der Waals surface area contributed by atoms with Crippen LogP contribution in [-0.2, 0) is 37.2 Å². The summed E-state index contributed by atoms with van der Waals surface area (Å²) in [6.45, 7) is 4.55. The van der Waals surface area contributed by atoms with Crippen LogP contribution < -0.4 is 5.32 Å². The zero-order valence-corrected chi connectivity index (χ0v) is 19.5. The summed E-state index contributed by atoms with van der Waals surface area (Å²) in [6.07, 6.45) is 5.57. The summed E-state index contributed by atoms with van der Waals surface area (Å²) in [5.74, 6) is -0.737. The highest BCUT2D eigenvalue weighted by Crippen LogP contribution is 2.28. The van der Waals surface area contributed by atoms with Gasteiger partial charge in [0, 0.05) is 19.0 Å². The molecule has 1 heterocycles. The van der Waals surface area contributed by atoms with Gasteiger partial charge in [-0.2, -0.15) is 4.31 Å². The van der Waals surface area contributed by atoms with Crippen molar-refractivity contribution in [2.75, 3.05) is 20.2 Å². The molecule has 1 fully saturated rings. The minimum Gasteiger partial charge on any atom is -0.467 e. The fraction of sp³-hybridized carbons (Fsp3) is 0.652. The van der Waals surface area contributed by atoms with E-state index in [-0.39, 0.29) is 17.7 Å². The Morgan fingerprint density at radius 1 is 1.13 bits per heavy atom. The molecule has 7 nitrogen and oxygen atoms in total. The third-order valence-corrected chi connectivity index (χ3v) is 8.19. The number of rotatable bonds is 7. The quantitative estimate of drug-likeness (QED) is 0.645. The van der Waals surface area contributed by atoms with Gasteiger partial charge in [0.2, 0.25) is 15.9 Å². The number of benzene rings is 1. The van der Waals surface area contributed by atoms with Crippen molar-refractivity contribution in [3.8, 4) is 0 Å². The molecule has 8 heteroatoms. The Balaban J connectivity index is 1.61. The highest BCUT2D eigenvalue weighted by atomic mass is 32.2. The summed E-state index contributed by atoms with van der Waals surface area (Å²) in [4.78, 5) is 25.0.